The number of hydrogen-bond donors (Lipinski definition) is 0. The van der Waals surface area contributed by atoms with Crippen LogP contribution in [0.1, 0.15) is 78.1 Å². The molecule has 0 aromatic heterocycles. The van der Waals surface area contributed by atoms with Gasteiger partial charge in [-0.3, -0.25) is 0 Å². The van der Waals surface area contributed by atoms with E-state index in [2.05, 4.69) is 31.5 Å². The lowest BCUT2D eigenvalue weighted by Gasteiger charge is -2.23. The first kappa shape index (κ1) is 18.2. The van der Waals surface area contributed by atoms with Crippen molar-refractivity contribution in [2.24, 2.45) is 0 Å². The molecule has 0 aliphatic heterocycles. The molecule has 0 heterocycles. The van der Waals surface area contributed by atoms with E-state index < -0.39 is 8.96 Å². The summed E-state index contributed by atoms with van der Waals surface area (Å²) in [6.07, 6.45) is 14.5. The van der Waals surface area contributed by atoms with Gasteiger partial charge in [0.1, 0.15) is 8.96 Å². The lowest BCUT2D eigenvalue weighted by atomic mass is 10.1. The number of hydrogen-bond acceptors (Lipinski definition) is 1. The first-order valence-electron chi connectivity index (χ1n) is 8.46. The van der Waals surface area contributed by atoms with Crippen LogP contribution in [0.4, 0.5) is 0 Å². The van der Waals surface area contributed by atoms with Crippen molar-refractivity contribution in [2.45, 2.75) is 91.1 Å². The van der Waals surface area contributed by atoms with Gasteiger partial charge in [-0.2, -0.15) is 0 Å². The number of rotatable bonds is 13. The topological polar surface area (TPSA) is 3.24 Å². The summed E-state index contributed by atoms with van der Waals surface area (Å²) in [7, 11) is -0.534. The zero-order valence-electron chi connectivity index (χ0n) is 13.5. The molecule has 0 atom stereocenters. The van der Waals surface area contributed by atoms with Gasteiger partial charge >= 0.3 is 0 Å². The van der Waals surface area contributed by atoms with Gasteiger partial charge in [0.15, 0.2) is 0 Å². The maximum Gasteiger partial charge on any atom is 0.105 e. The van der Waals surface area contributed by atoms with E-state index in [1.807, 2.05) is 0 Å². The molecular weight excluding hydrogens is 234 g/mol. The molecule has 0 aliphatic rings. The molecule has 18 heavy (non-hydrogen) atoms. The van der Waals surface area contributed by atoms with Crippen molar-refractivity contribution in [3.8, 4) is 0 Å². The highest BCUT2D eigenvalue weighted by atomic mass is 28.3. The predicted molar refractivity (Wildman–Crippen MR) is 88.0 cm³/mol. The lowest BCUT2D eigenvalue weighted by molar-refractivity contribution is 0.431. The Morgan fingerprint density at radius 2 is 1.11 bits per heavy atom. The molecule has 0 aliphatic carbocycles. The molecule has 110 valence electrons. The van der Waals surface area contributed by atoms with Gasteiger partial charge in [-0.15, -0.1) is 0 Å². The minimum Gasteiger partial charge on any atom is -0.327 e. The second-order valence-electron chi connectivity index (χ2n) is 5.90. The molecule has 0 aromatic carbocycles. The average Bonchev–Trinajstić information content (AvgIpc) is 2.35. The van der Waals surface area contributed by atoms with Crippen LogP contribution in [0.2, 0.25) is 13.1 Å². The van der Waals surface area contributed by atoms with Gasteiger partial charge in [-0.05, 0) is 19.5 Å². The molecule has 0 rings (SSSR count). The maximum atomic E-state index is 2.71. The van der Waals surface area contributed by atoms with Crippen LogP contribution in [0.15, 0.2) is 0 Å². The molecule has 1 nitrogen and oxygen atoms in total. The van der Waals surface area contributed by atoms with E-state index in [0.717, 1.165) is 0 Å². The van der Waals surface area contributed by atoms with Crippen molar-refractivity contribution in [1.82, 2.24) is 4.57 Å². The highest BCUT2D eigenvalue weighted by molar-refractivity contribution is 6.52. The highest BCUT2D eigenvalue weighted by Gasteiger charge is 2.06. The van der Waals surface area contributed by atoms with Gasteiger partial charge < -0.3 is 4.57 Å². The van der Waals surface area contributed by atoms with E-state index in [1.54, 1.807) is 0 Å². The quantitative estimate of drug-likeness (QED) is 0.328. The van der Waals surface area contributed by atoms with E-state index in [4.69, 9.17) is 0 Å². The molecule has 0 saturated carbocycles. The SMILES string of the molecule is CCCCCCCCCCCCN(CC)[SiH](C)C. The third-order valence-electron chi connectivity index (χ3n) is 3.94. The van der Waals surface area contributed by atoms with Crippen molar-refractivity contribution >= 4 is 8.96 Å². The van der Waals surface area contributed by atoms with Crippen LogP contribution in [0.5, 0.6) is 0 Å². The Morgan fingerprint density at radius 1 is 0.667 bits per heavy atom. The standard InChI is InChI=1S/C16H37NSi/c1-5-7-8-9-10-11-12-13-14-15-16-17(6-2)18(3)4/h18H,5-16H2,1-4H3. The summed E-state index contributed by atoms with van der Waals surface area (Å²) < 4.78 is 2.71. The normalized spacial score (nSPS) is 11.7. The Kier molecular flexibility index (Phi) is 13.7. The third-order valence-corrected chi connectivity index (χ3v) is 6.02. The maximum absolute atomic E-state index is 2.71. The van der Waals surface area contributed by atoms with Crippen LogP contribution in [0.25, 0.3) is 0 Å². The lowest BCUT2D eigenvalue weighted by Crippen LogP contribution is -2.35. The van der Waals surface area contributed by atoms with Crippen molar-refractivity contribution in [3.05, 3.63) is 0 Å². The van der Waals surface area contributed by atoms with Gasteiger partial charge in [-0.1, -0.05) is 84.7 Å². The average molecular weight is 272 g/mol. The zero-order valence-corrected chi connectivity index (χ0v) is 14.7. The van der Waals surface area contributed by atoms with Crippen molar-refractivity contribution in [3.63, 3.8) is 0 Å². The zero-order chi connectivity index (χ0) is 13.6. The molecule has 0 unspecified atom stereocenters. The summed E-state index contributed by atoms with van der Waals surface area (Å²) in [5.74, 6) is 0. The smallest absolute Gasteiger partial charge is 0.105 e. The fourth-order valence-corrected chi connectivity index (χ4v) is 4.01. The van der Waals surface area contributed by atoms with Crippen LogP contribution >= 0.6 is 0 Å². The molecule has 0 bridgehead atoms. The Morgan fingerprint density at radius 3 is 1.50 bits per heavy atom. The summed E-state index contributed by atoms with van der Waals surface area (Å²) in [5, 5.41) is 0. The number of unbranched alkanes of at least 4 members (excludes halogenated alkanes) is 9. The summed E-state index contributed by atoms with van der Waals surface area (Å²) >= 11 is 0. The van der Waals surface area contributed by atoms with E-state index in [-0.39, 0.29) is 0 Å². The Balaban J connectivity index is 3.15. The van der Waals surface area contributed by atoms with E-state index in [9.17, 15) is 0 Å². The van der Waals surface area contributed by atoms with Gasteiger partial charge in [0, 0.05) is 0 Å². The monoisotopic (exact) mass is 271 g/mol. The third kappa shape index (κ3) is 11.3. The van der Waals surface area contributed by atoms with Gasteiger partial charge in [0.2, 0.25) is 0 Å². The molecule has 0 saturated heterocycles. The number of nitrogens with zero attached hydrogens (tertiary/aromatic N) is 1. The largest absolute Gasteiger partial charge is 0.327 e. The second kappa shape index (κ2) is 13.6. The summed E-state index contributed by atoms with van der Waals surface area (Å²) in [5.41, 5.74) is 0. The molecule has 2 heteroatoms. The first-order chi connectivity index (χ1) is 8.72. The van der Waals surface area contributed by atoms with Crippen LogP contribution < -0.4 is 0 Å². The van der Waals surface area contributed by atoms with Crippen molar-refractivity contribution in [2.75, 3.05) is 13.1 Å². The van der Waals surface area contributed by atoms with E-state index in [0.29, 0.717) is 0 Å². The van der Waals surface area contributed by atoms with E-state index in [1.165, 1.54) is 77.3 Å². The summed E-state index contributed by atoms with van der Waals surface area (Å²) in [6.45, 7) is 12.1. The fourth-order valence-electron chi connectivity index (χ4n) is 2.58. The summed E-state index contributed by atoms with van der Waals surface area (Å²) in [4.78, 5) is 0. The minimum absolute atomic E-state index is 0.534. The van der Waals surface area contributed by atoms with Crippen molar-refractivity contribution < 1.29 is 0 Å². The molecule has 0 amide bonds. The van der Waals surface area contributed by atoms with Gasteiger partial charge in [-0.25, -0.2) is 0 Å². The van der Waals surface area contributed by atoms with Crippen LogP contribution in [0, 0.1) is 0 Å². The van der Waals surface area contributed by atoms with Crippen LogP contribution in [-0.2, 0) is 0 Å². The molecular formula is C16H37NSi. The second-order valence-corrected chi connectivity index (χ2v) is 8.82. The molecule has 0 radical (unpaired) electrons. The Hall–Kier alpha value is 0.177. The highest BCUT2D eigenvalue weighted by Crippen LogP contribution is 2.11. The first-order valence-corrected chi connectivity index (χ1v) is 11.3. The predicted octanol–water partition coefficient (Wildman–Crippen LogP) is 5.21. The van der Waals surface area contributed by atoms with Gasteiger partial charge in [0.25, 0.3) is 0 Å². The Bertz CT molecular complexity index is 159. The molecule has 0 aromatic rings. The van der Waals surface area contributed by atoms with Crippen LogP contribution in [0.3, 0.4) is 0 Å². The molecule has 0 fully saturated rings. The van der Waals surface area contributed by atoms with Gasteiger partial charge in [0.05, 0.1) is 0 Å². The molecule has 0 spiro atoms. The summed E-state index contributed by atoms with van der Waals surface area (Å²) in [6, 6.07) is 0. The van der Waals surface area contributed by atoms with E-state index >= 15 is 0 Å². The van der Waals surface area contributed by atoms with Crippen LogP contribution in [-0.4, -0.2) is 26.6 Å². The fraction of sp³-hybridized carbons (Fsp3) is 1.00. The van der Waals surface area contributed by atoms with Crippen molar-refractivity contribution in [1.29, 1.82) is 0 Å². The molecule has 0 N–H and O–H groups in total. The Labute approximate surface area is 118 Å². The minimum atomic E-state index is -0.534.